The summed E-state index contributed by atoms with van der Waals surface area (Å²) in [5, 5.41) is 0. The second-order valence-electron chi connectivity index (χ2n) is 6.31. The minimum Gasteiger partial charge on any atom is -0.343 e. The van der Waals surface area contributed by atoms with E-state index in [9.17, 15) is 0 Å². The normalized spacial score (nSPS) is 10.9. The Morgan fingerprint density at radius 2 is 0.920 bits per heavy atom. The molecule has 0 N–H and O–H groups in total. The van der Waals surface area contributed by atoms with Crippen molar-refractivity contribution in [2.45, 2.75) is 31.1 Å². The average Bonchev–Trinajstić information content (AvgIpc) is 2.68. The number of unbranched alkanes of at least 4 members (excludes halogenated alkanes) is 2. The molecular weight excluding hydrogens is 295 g/mol. The molecule has 0 bridgehead atoms. The third-order valence-corrected chi connectivity index (χ3v) is 4.85. The van der Waals surface area contributed by atoms with Gasteiger partial charge in [-0.15, -0.1) is 0 Å². The number of benzene rings is 3. The van der Waals surface area contributed by atoms with Gasteiger partial charge in [0.15, 0.2) is 0 Å². The maximum Gasteiger partial charge on any atom is 1.00 e. The van der Waals surface area contributed by atoms with E-state index in [1.165, 1.54) is 23.1 Å². The third kappa shape index (κ3) is 4.27. The summed E-state index contributed by atoms with van der Waals surface area (Å²) in [6, 6.07) is 32.8. The van der Waals surface area contributed by atoms with Crippen LogP contribution in [0.1, 0.15) is 42.4 Å². The summed E-state index contributed by atoms with van der Waals surface area (Å²) >= 11 is 0. The first-order valence-electron chi connectivity index (χ1n) is 8.84. The van der Waals surface area contributed by atoms with Crippen molar-refractivity contribution >= 4 is 0 Å². The summed E-state index contributed by atoms with van der Waals surface area (Å²) in [4.78, 5) is 0. The first kappa shape index (κ1) is 19.6. The zero-order chi connectivity index (χ0) is 16.7. The van der Waals surface area contributed by atoms with Crippen LogP contribution in [0.5, 0.6) is 0 Å². The van der Waals surface area contributed by atoms with Crippen LogP contribution < -0.4 is 18.9 Å². The summed E-state index contributed by atoms with van der Waals surface area (Å²) in [6.07, 6.45) is 4.42. The maximum atomic E-state index is 4.02. The molecular formula is C24H25Li. The minimum absolute atomic E-state index is 0. The van der Waals surface area contributed by atoms with E-state index in [1.54, 1.807) is 0 Å². The van der Waals surface area contributed by atoms with Crippen molar-refractivity contribution in [1.29, 1.82) is 0 Å². The zero-order valence-corrected chi connectivity index (χ0v) is 15.2. The van der Waals surface area contributed by atoms with Gasteiger partial charge in [-0.2, -0.15) is 6.42 Å². The molecule has 3 aromatic carbocycles. The van der Waals surface area contributed by atoms with Crippen LogP contribution in [0, 0.1) is 6.92 Å². The van der Waals surface area contributed by atoms with Crippen molar-refractivity contribution in [2.24, 2.45) is 0 Å². The molecule has 0 atom stereocenters. The Hall–Kier alpha value is -1.74. The van der Waals surface area contributed by atoms with E-state index in [-0.39, 0.29) is 24.3 Å². The fraction of sp³-hybridized carbons (Fsp3) is 0.208. The van der Waals surface area contributed by atoms with Gasteiger partial charge in [0.1, 0.15) is 0 Å². The molecule has 0 saturated carbocycles. The molecule has 3 aromatic rings. The Balaban J connectivity index is 0.00000225. The van der Waals surface area contributed by atoms with Gasteiger partial charge < -0.3 is 6.92 Å². The summed E-state index contributed by atoms with van der Waals surface area (Å²) < 4.78 is 0. The van der Waals surface area contributed by atoms with Crippen LogP contribution in [0.25, 0.3) is 0 Å². The van der Waals surface area contributed by atoms with Crippen molar-refractivity contribution in [2.75, 3.05) is 0 Å². The van der Waals surface area contributed by atoms with Gasteiger partial charge >= 0.3 is 18.9 Å². The van der Waals surface area contributed by atoms with Crippen LogP contribution in [-0.2, 0) is 5.41 Å². The Labute approximate surface area is 164 Å². The van der Waals surface area contributed by atoms with Crippen molar-refractivity contribution in [1.82, 2.24) is 0 Å². The molecule has 1 heteroatoms. The molecule has 0 aliphatic rings. The van der Waals surface area contributed by atoms with Crippen molar-refractivity contribution in [3.05, 3.63) is 115 Å². The molecule has 25 heavy (non-hydrogen) atoms. The van der Waals surface area contributed by atoms with Crippen molar-refractivity contribution in [3.63, 3.8) is 0 Å². The van der Waals surface area contributed by atoms with E-state index < -0.39 is 0 Å². The standard InChI is InChI=1S/C24H25.Li/c1-2-3-13-20-24(21-14-7-4-8-15-21,22-16-9-5-10-17-22)23-18-11-6-12-19-23;/h4-12,14-19H,1-3,13,20H2;/q-1;+1. The first-order valence-corrected chi connectivity index (χ1v) is 8.84. The van der Waals surface area contributed by atoms with Gasteiger partial charge in [-0.05, 0) is 23.1 Å². The molecule has 0 aliphatic carbocycles. The van der Waals surface area contributed by atoms with E-state index in [1.807, 2.05) is 0 Å². The monoisotopic (exact) mass is 320 g/mol. The van der Waals surface area contributed by atoms with Gasteiger partial charge in [0, 0.05) is 5.41 Å². The first-order chi connectivity index (χ1) is 11.9. The molecule has 3 rings (SSSR count). The van der Waals surface area contributed by atoms with Gasteiger partial charge in [0.25, 0.3) is 0 Å². The molecule has 0 aromatic heterocycles. The predicted octanol–water partition coefficient (Wildman–Crippen LogP) is 3.42. The molecule has 0 fully saturated rings. The number of hydrogen-bond acceptors (Lipinski definition) is 0. The molecule has 0 heterocycles. The second kappa shape index (κ2) is 9.67. The summed E-state index contributed by atoms with van der Waals surface area (Å²) in [6.45, 7) is 4.02. The fourth-order valence-electron chi connectivity index (χ4n) is 3.67. The van der Waals surface area contributed by atoms with Crippen LogP contribution >= 0.6 is 0 Å². The largest absolute Gasteiger partial charge is 1.00 e. The molecule has 0 spiro atoms. The van der Waals surface area contributed by atoms with E-state index in [2.05, 4.69) is 97.9 Å². The predicted molar refractivity (Wildman–Crippen MR) is 103 cm³/mol. The summed E-state index contributed by atoms with van der Waals surface area (Å²) in [5.74, 6) is 0. The Bertz CT molecular complexity index is 623. The maximum absolute atomic E-state index is 4.02. The molecule has 0 radical (unpaired) electrons. The van der Waals surface area contributed by atoms with E-state index >= 15 is 0 Å². The van der Waals surface area contributed by atoms with Gasteiger partial charge in [-0.25, -0.2) is 0 Å². The molecule has 0 nitrogen and oxygen atoms in total. The van der Waals surface area contributed by atoms with E-state index in [0.29, 0.717) is 0 Å². The Morgan fingerprint density at radius 1 is 0.560 bits per heavy atom. The SMILES string of the molecule is [CH2-]CCCCC(c1ccccc1)(c1ccccc1)c1ccccc1.[Li+]. The zero-order valence-electron chi connectivity index (χ0n) is 15.2. The van der Waals surface area contributed by atoms with Crippen LogP contribution in [0.4, 0.5) is 0 Å². The van der Waals surface area contributed by atoms with Crippen LogP contribution in [0.3, 0.4) is 0 Å². The minimum atomic E-state index is -0.0983. The number of rotatable bonds is 7. The Morgan fingerprint density at radius 3 is 1.24 bits per heavy atom. The van der Waals surface area contributed by atoms with Gasteiger partial charge in [0.2, 0.25) is 0 Å². The van der Waals surface area contributed by atoms with E-state index in [4.69, 9.17) is 0 Å². The van der Waals surface area contributed by atoms with E-state index in [0.717, 1.165) is 19.3 Å². The molecule has 122 valence electrons. The van der Waals surface area contributed by atoms with Gasteiger partial charge in [-0.3, -0.25) is 0 Å². The molecule has 0 unspecified atom stereocenters. The quantitative estimate of drug-likeness (QED) is 0.271. The topological polar surface area (TPSA) is 0 Å². The molecule has 0 saturated heterocycles. The van der Waals surface area contributed by atoms with Crippen LogP contribution in [0.15, 0.2) is 91.0 Å². The van der Waals surface area contributed by atoms with Crippen molar-refractivity contribution in [3.8, 4) is 0 Å². The fourth-order valence-corrected chi connectivity index (χ4v) is 3.67. The molecule has 0 amide bonds. The van der Waals surface area contributed by atoms with Gasteiger partial charge in [-0.1, -0.05) is 104 Å². The van der Waals surface area contributed by atoms with Crippen molar-refractivity contribution < 1.29 is 18.9 Å². The van der Waals surface area contributed by atoms with Gasteiger partial charge in [0.05, 0.1) is 0 Å². The molecule has 0 aliphatic heterocycles. The Kier molecular flexibility index (Phi) is 7.57. The average molecular weight is 320 g/mol. The van der Waals surface area contributed by atoms with Crippen LogP contribution in [0.2, 0.25) is 0 Å². The smallest absolute Gasteiger partial charge is 0.343 e. The van der Waals surface area contributed by atoms with Crippen LogP contribution in [-0.4, -0.2) is 0 Å². The summed E-state index contributed by atoms with van der Waals surface area (Å²) in [5.41, 5.74) is 4.00. The number of hydrogen-bond donors (Lipinski definition) is 0. The third-order valence-electron chi connectivity index (χ3n) is 4.85. The summed E-state index contributed by atoms with van der Waals surface area (Å²) in [7, 11) is 0. The second-order valence-corrected chi connectivity index (χ2v) is 6.31.